The molecule has 0 unspecified atom stereocenters. The van der Waals surface area contributed by atoms with Crippen LogP contribution in [0.1, 0.15) is 48.2 Å². The fourth-order valence-electron chi connectivity index (χ4n) is 3.77. The SMILES string of the molecule is COC(=O)c1occc1CN1CCNCC12CCCCC2. The molecular weight excluding hydrogens is 268 g/mol. The molecule has 3 rings (SSSR count). The second-order valence-electron chi connectivity index (χ2n) is 6.15. The maximum Gasteiger partial charge on any atom is 0.374 e. The molecule has 1 spiro atoms. The monoisotopic (exact) mass is 292 g/mol. The molecule has 0 radical (unpaired) electrons. The van der Waals surface area contributed by atoms with Gasteiger partial charge in [0.25, 0.3) is 0 Å². The Morgan fingerprint density at radius 2 is 2.24 bits per heavy atom. The Morgan fingerprint density at radius 3 is 3.00 bits per heavy atom. The zero-order valence-electron chi connectivity index (χ0n) is 12.7. The first-order valence-corrected chi connectivity index (χ1v) is 7.86. The van der Waals surface area contributed by atoms with E-state index in [0.717, 1.165) is 31.7 Å². The number of hydrogen-bond donors (Lipinski definition) is 1. The Hall–Kier alpha value is -1.33. The van der Waals surface area contributed by atoms with E-state index < -0.39 is 0 Å². The van der Waals surface area contributed by atoms with Crippen LogP contribution in [0.3, 0.4) is 0 Å². The third kappa shape index (κ3) is 2.85. The van der Waals surface area contributed by atoms with Crippen molar-refractivity contribution in [2.75, 3.05) is 26.7 Å². The number of rotatable bonds is 3. The first kappa shape index (κ1) is 14.6. The summed E-state index contributed by atoms with van der Waals surface area (Å²) in [5, 5.41) is 3.55. The number of piperazine rings is 1. The van der Waals surface area contributed by atoms with Gasteiger partial charge in [-0.15, -0.1) is 0 Å². The van der Waals surface area contributed by atoms with Crippen molar-refractivity contribution in [2.24, 2.45) is 0 Å². The highest BCUT2D eigenvalue weighted by Gasteiger charge is 2.40. The number of carbonyl (C=O) groups excluding carboxylic acids is 1. The van der Waals surface area contributed by atoms with Gasteiger partial charge in [-0.05, 0) is 18.9 Å². The molecule has 1 aromatic rings. The third-order valence-corrected chi connectivity index (χ3v) is 4.95. The standard InChI is InChI=1S/C16H24N2O3/c1-20-15(19)14-13(5-10-21-14)11-18-9-8-17-12-16(18)6-3-2-4-7-16/h5,10,17H,2-4,6-9,11-12H2,1H3. The minimum atomic E-state index is -0.386. The summed E-state index contributed by atoms with van der Waals surface area (Å²) in [6.07, 6.45) is 8.00. The lowest BCUT2D eigenvalue weighted by Crippen LogP contribution is -2.61. The number of esters is 1. The Kier molecular flexibility index (Phi) is 4.31. The number of ether oxygens (including phenoxy) is 1. The zero-order valence-corrected chi connectivity index (χ0v) is 12.7. The van der Waals surface area contributed by atoms with Crippen LogP contribution >= 0.6 is 0 Å². The lowest BCUT2D eigenvalue weighted by atomic mass is 9.79. The molecule has 1 aliphatic carbocycles. The van der Waals surface area contributed by atoms with Gasteiger partial charge in [0.1, 0.15) is 0 Å². The highest BCUT2D eigenvalue weighted by molar-refractivity contribution is 5.87. The van der Waals surface area contributed by atoms with E-state index >= 15 is 0 Å². The van der Waals surface area contributed by atoms with E-state index in [1.54, 1.807) is 6.26 Å². The van der Waals surface area contributed by atoms with E-state index in [2.05, 4.69) is 10.2 Å². The third-order valence-electron chi connectivity index (χ3n) is 4.95. The molecule has 21 heavy (non-hydrogen) atoms. The average Bonchev–Trinajstić information content (AvgIpc) is 2.98. The summed E-state index contributed by atoms with van der Waals surface area (Å²) < 4.78 is 10.1. The number of hydrogen-bond acceptors (Lipinski definition) is 5. The molecule has 2 heterocycles. The Balaban J connectivity index is 1.79. The van der Waals surface area contributed by atoms with Crippen molar-refractivity contribution in [1.82, 2.24) is 10.2 Å². The predicted octanol–water partition coefficient (Wildman–Crippen LogP) is 2.17. The first-order valence-electron chi connectivity index (χ1n) is 7.86. The summed E-state index contributed by atoms with van der Waals surface area (Å²) in [4.78, 5) is 14.3. The lowest BCUT2D eigenvalue weighted by molar-refractivity contribution is 0.0200. The van der Waals surface area contributed by atoms with Gasteiger partial charge in [-0.3, -0.25) is 4.90 Å². The van der Waals surface area contributed by atoms with Crippen LogP contribution in [0, 0.1) is 0 Å². The summed E-state index contributed by atoms with van der Waals surface area (Å²) in [7, 11) is 1.39. The molecule has 0 atom stereocenters. The molecule has 0 aromatic carbocycles. The molecule has 1 saturated heterocycles. The molecule has 1 aliphatic heterocycles. The number of furan rings is 1. The molecule has 1 N–H and O–H groups in total. The second-order valence-corrected chi connectivity index (χ2v) is 6.15. The van der Waals surface area contributed by atoms with E-state index in [1.807, 2.05) is 6.07 Å². The Labute approximate surface area is 125 Å². The van der Waals surface area contributed by atoms with E-state index in [0.29, 0.717) is 5.76 Å². The molecular formula is C16H24N2O3. The molecule has 0 amide bonds. The largest absolute Gasteiger partial charge is 0.463 e. The van der Waals surface area contributed by atoms with Crippen molar-refractivity contribution in [3.63, 3.8) is 0 Å². The van der Waals surface area contributed by atoms with Crippen molar-refractivity contribution in [3.05, 3.63) is 23.7 Å². The van der Waals surface area contributed by atoms with Gasteiger partial charge in [0.15, 0.2) is 0 Å². The summed E-state index contributed by atoms with van der Waals surface area (Å²) in [5.41, 5.74) is 1.19. The number of nitrogens with zero attached hydrogens (tertiary/aromatic N) is 1. The van der Waals surface area contributed by atoms with Gasteiger partial charge in [-0.2, -0.15) is 0 Å². The summed E-state index contributed by atoms with van der Waals surface area (Å²) in [6, 6.07) is 1.89. The predicted molar refractivity (Wildman–Crippen MR) is 79.1 cm³/mol. The van der Waals surface area contributed by atoms with Gasteiger partial charge < -0.3 is 14.5 Å². The van der Waals surface area contributed by atoms with Crippen molar-refractivity contribution in [2.45, 2.75) is 44.2 Å². The van der Waals surface area contributed by atoms with Gasteiger partial charge in [0.2, 0.25) is 5.76 Å². The fourth-order valence-corrected chi connectivity index (χ4v) is 3.77. The quantitative estimate of drug-likeness (QED) is 0.865. The first-order chi connectivity index (χ1) is 10.2. The maximum absolute atomic E-state index is 11.8. The van der Waals surface area contributed by atoms with Crippen LogP contribution in [0.4, 0.5) is 0 Å². The van der Waals surface area contributed by atoms with Gasteiger partial charge in [-0.25, -0.2) is 4.79 Å². The highest BCUT2D eigenvalue weighted by atomic mass is 16.5. The topological polar surface area (TPSA) is 54.7 Å². The maximum atomic E-state index is 11.8. The second kappa shape index (κ2) is 6.20. The molecule has 5 nitrogen and oxygen atoms in total. The number of methoxy groups -OCH3 is 1. The van der Waals surface area contributed by atoms with Gasteiger partial charge >= 0.3 is 5.97 Å². The van der Waals surface area contributed by atoms with Crippen LogP contribution in [0.2, 0.25) is 0 Å². The lowest BCUT2D eigenvalue weighted by Gasteiger charge is -2.50. The normalized spacial score (nSPS) is 22.3. The molecule has 0 bridgehead atoms. The minimum absolute atomic E-state index is 0.251. The van der Waals surface area contributed by atoms with Crippen molar-refractivity contribution < 1.29 is 13.9 Å². The van der Waals surface area contributed by atoms with E-state index in [4.69, 9.17) is 9.15 Å². The minimum Gasteiger partial charge on any atom is -0.463 e. The van der Waals surface area contributed by atoms with Crippen molar-refractivity contribution >= 4 is 5.97 Å². The van der Waals surface area contributed by atoms with Crippen LogP contribution in [0.15, 0.2) is 16.7 Å². The zero-order chi connectivity index (χ0) is 14.7. The van der Waals surface area contributed by atoms with E-state index in [-0.39, 0.29) is 11.5 Å². The van der Waals surface area contributed by atoms with Crippen LogP contribution in [-0.4, -0.2) is 43.2 Å². The van der Waals surface area contributed by atoms with Gasteiger partial charge in [-0.1, -0.05) is 19.3 Å². The molecule has 1 aromatic heterocycles. The van der Waals surface area contributed by atoms with Crippen LogP contribution in [-0.2, 0) is 11.3 Å². The smallest absolute Gasteiger partial charge is 0.374 e. The summed E-state index contributed by atoms with van der Waals surface area (Å²) in [6.45, 7) is 3.85. The van der Waals surface area contributed by atoms with Gasteiger partial charge in [0.05, 0.1) is 13.4 Å². The van der Waals surface area contributed by atoms with Crippen molar-refractivity contribution in [1.29, 1.82) is 0 Å². The van der Waals surface area contributed by atoms with Crippen molar-refractivity contribution in [3.8, 4) is 0 Å². The summed E-state index contributed by atoms with van der Waals surface area (Å²) in [5.74, 6) is -0.0372. The van der Waals surface area contributed by atoms with Crippen LogP contribution in [0.5, 0.6) is 0 Å². The average molecular weight is 292 g/mol. The molecule has 1 saturated carbocycles. The molecule has 2 fully saturated rings. The fraction of sp³-hybridized carbons (Fsp3) is 0.688. The van der Waals surface area contributed by atoms with Crippen LogP contribution in [0.25, 0.3) is 0 Å². The summed E-state index contributed by atoms with van der Waals surface area (Å²) >= 11 is 0. The van der Waals surface area contributed by atoms with Gasteiger partial charge in [0, 0.05) is 37.3 Å². The Morgan fingerprint density at radius 1 is 1.43 bits per heavy atom. The molecule has 5 heteroatoms. The number of carbonyl (C=O) groups is 1. The van der Waals surface area contributed by atoms with E-state index in [1.165, 1.54) is 39.2 Å². The molecule has 116 valence electrons. The van der Waals surface area contributed by atoms with Crippen LogP contribution < -0.4 is 5.32 Å². The Bertz CT molecular complexity index is 483. The number of nitrogens with one attached hydrogen (secondary N) is 1. The van der Waals surface area contributed by atoms with E-state index in [9.17, 15) is 4.79 Å². The highest BCUT2D eigenvalue weighted by Crippen LogP contribution is 2.35. The molecule has 2 aliphatic rings.